The summed E-state index contributed by atoms with van der Waals surface area (Å²) in [7, 11) is 0. The Labute approximate surface area is 66.5 Å². The minimum atomic E-state index is 0.574. The summed E-state index contributed by atoms with van der Waals surface area (Å²) in [6.45, 7) is 2.18. The van der Waals surface area contributed by atoms with Crippen LogP contribution in [0.4, 0.5) is 0 Å². The van der Waals surface area contributed by atoms with Crippen molar-refractivity contribution < 1.29 is 0 Å². The third kappa shape index (κ3) is 1.16. The van der Waals surface area contributed by atoms with Gasteiger partial charge in [-0.05, 0) is 17.7 Å². The van der Waals surface area contributed by atoms with Crippen LogP contribution in [-0.2, 0) is 0 Å². The number of thiol groups is 1. The van der Waals surface area contributed by atoms with Gasteiger partial charge in [0.25, 0.3) is 0 Å². The minimum Gasteiger partial charge on any atom is -0.387 e. The van der Waals surface area contributed by atoms with Crippen molar-refractivity contribution in [2.75, 3.05) is 18.8 Å². The molecular weight excluding hydrogens is 144 g/mol. The normalized spacial score (nSPS) is 37.1. The number of hydrogen-bond donors (Lipinski definition) is 3. The highest BCUT2D eigenvalue weighted by molar-refractivity contribution is 7.80. The van der Waals surface area contributed by atoms with Crippen molar-refractivity contribution in [2.24, 2.45) is 5.92 Å². The van der Waals surface area contributed by atoms with Gasteiger partial charge in [0.15, 0.2) is 0 Å². The maximum Gasteiger partial charge on any atom is 0.0673 e. The second-order valence-electron chi connectivity index (χ2n) is 2.94. The molecule has 0 amide bonds. The molecule has 1 saturated heterocycles. The molecule has 56 valence electrons. The van der Waals surface area contributed by atoms with E-state index >= 15 is 0 Å². The van der Waals surface area contributed by atoms with E-state index in [0.717, 1.165) is 18.8 Å². The van der Waals surface area contributed by atoms with Crippen molar-refractivity contribution in [3.8, 4) is 0 Å². The van der Waals surface area contributed by atoms with Gasteiger partial charge in [-0.1, -0.05) is 0 Å². The van der Waals surface area contributed by atoms with Gasteiger partial charge in [0.1, 0.15) is 0 Å². The molecule has 3 heteroatoms. The van der Waals surface area contributed by atoms with Crippen molar-refractivity contribution in [3.05, 3.63) is 11.8 Å². The summed E-state index contributed by atoms with van der Waals surface area (Å²) in [5.41, 5.74) is 1.38. The molecule has 0 bridgehead atoms. The lowest BCUT2D eigenvalue weighted by molar-refractivity contribution is 0.544. The number of fused-ring (bicyclic) bond motifs is 1. The zero-order valence-electron chi connectivity index (χ0n) is 5.80. The molecule has 1 aliphatic heterocycles. The molecule has 0 aromatic carbocycles. The van der Waals surface area contributed by atoms with Crippen molar-refractivity contribution in [2.45, 2.75) is 6.04 Å². The summed E-state index contributed by atoms with van der Waals surface area (Å²) in [5, 5.41) is 6.78. The quantitative estimate of drug-likeness (QED) is 0.465. The first-order chi connectivity index (χ1) is 4.90. The zero-order valence-corrected chi connectivity index (χ0v) is 6.70. The molecule has 1 aliphatic carbocycles. The zero-order chi connectivity index (χ0) is 6.97. The molecule has 2 atom stereocenters. The predicted octanol–water partition coefficient (Wildman–Crippen LogP) is -0.00870. The van der Waals surface area contributed by atoms with Crippen LogP contribution in [0, 0.1) is 5.92 Å². The van der Waals surface area contributed by atoms with E-state index in [1.54, 1.807) is 0 Å². The van der Waals surface area contributed by atoms with Crippen molar-refractivity contribution in [1.82, 2.24) is 10.6 Å². The van der Waals surface area contributed by atoms with Gasteiger partial charge in [-0.15, -0.1) is 0 Å². The number of nitrogens with one attached hydrogen (secondary N) is 2. The van der Waals surface area contributed by atoms with Gasteiger partial charge in [0.05, 0.1) is 6.04 Å². The van der Waals surface area contributed by atoms with Gasteiger partial charge in [0.2, 0.25) is 0 Å². The summed E-state index contributed by atoms with van der Waals surface area (Å²) in [6.07, 6.45) is 2.22. The maximum absolute atomic E-state index is 4.26. The molecule has 2 nitrogen and oxygen atoms in total. The molecule has 1 fully saturated rings. The molecule has 0 aromatic rings. The van der Waals surface area contributed by atoms with E-state index in [1.165, 1.54) is 5.70 Å². The minimum absolute atomic E-state index is 0.574. The van der Waals surface area contributed by atoms with E-state index in [1.807, 2.05) is 0 Å². The first kappa shape index (κ1) is 6.55. The summed E-state index contributed by atoms with van der Waals surface area (Å²) in [4.78, 5) is 0. The Hall–Kier alpha value is -0.150. The fourth-order valence-electron chi connectivity index (χ4n) is 1.23. The Morgan fingerprint density at radius 2 is 2.50 bits per heavy atom. The SMILES string of the molecule is SC[C@H]1CNC2=C[C@H]2NC1. The average molecular weight is 156 g/mol. The molecule has 2 N–H and O–H groups in total. The predicted molar refractivity (Wildman–Crippen MR) is 45.2 cm³/mol. The van der Waals surface area contributed by atoms with Crippen molar-refractivity contribution in [1.29, 1.82) is 0 Å². The second kappa shape index (κ2) is 2.47. The van der Waals surface area contributed by atoms with Crippen LogP contribution < -0.4 is 10.6 Å². The van der Waals surface area contributed by atoms with Crippen LogP contribution >= 0.6 is 12.6 Å². The Kier molecular flexibility index (Phi) is 1.62. The van der Waals surface area contributed by atoms with E-state index in [0.29, 0.717) is 12.0 Å². The first-order valence-corrected chi connectivity index (χ1v) is 4.33. The Morgan fingerprint density at radius 3 is 3.30 bits per heavy atom. The van der Waals surface area contributed by atoms with Crippen LogP contribution in [0.3, 0.4) is 0 Å². The van der Waals surface area contributed by atoms with Gasteiger partial charge in [-0.25, -0.2) is 0 Å². The highest BCUT2D eigenvalue weighted by atomic mass is 32.1. The van der Waals surface area contributed by atoms with Gasteiger partial charge in [-0.2, -0.15) is 12.6 Å². The van der Waals surface area contributed by atoms with Crippen LogP contribution in [0.2, 0.25) is 0 Å². The Morgan fingerprint density at radius 1 is 1.60 bits per heavy atom. The lowest BCUT2D eigenvalue weighted by Gasteiger charge is -2.10. The molecule has 2 aliphatic rings. The molecule has 0 radical (unpaired) electrons. The van der Waals surface area contributed by atoms with Gasteiger partial charge < -0.3 is 10.6 Å². The molecule has 0 saturated carbocycles. The third-order valence-corrected chi connectivity index (χ3v) is 2.57. The molecule has 2 rings (SSSR count). The fraction of sp³-hybridized carbons (Fsp3) is 0.714. The highest BCUT2D eigenvalue weighted by Gasteiger charge is 2.28. The summed E-state index contributed by atoms with van der Waals surface area (Å²) < 4.78 is 0. The topological polar surface area (TPSA) is 24.1 Å². The standard InChI is InChI=1S/C7H12N2S/c10-4-5-2-8-6-1-7(6)9-3-5/h1,5-6,8-10H,2-4H2/t5-,6-/m1/s1. The molecule has 0 spiro atoms. The molecular formula is C7H12N2S. The van der Waals surface area contributed by atoms with E-state index < -0.39 is 0 Å². The summed E-state index contributed by atoms with van der Waals surface area (Å²) >= 11 is 4.26. The molecule has 1 heterocycles. The average Bonchev–Trinajstić information content (AvgIpc) is 2.63. The van der Waals surface area contributed by atoms with Crippen LogP contribution in [0.25, 0.3) is 0 Å². The largest absolute Gasteiger partial charge is 0.387 e. The lowest BCUT2D eigenvalue weighted by Crippen LogP contribution is -2.27. The fourth-order valence-corrected chi connectivity index (χ4v) is 1.48. The third-order valence-electron chi connectivity index (χ3n) is 2.05. The highest BCUT2D eigenvalue weighted by Crippen LogP contribution is 2.19. The first-order valence-electron chi connectivity index (χ1n) is 3.70. The van der Waals surface area contributed by atoms with E-state index in [4.69, 9.17) is 0 Å². The summed E-state index contributed by atoms with van der Waals surface area (Å²) in [5.74, 6) is 1.66. The van der Waals surface area contributed by atoms with Gasteiger partial charge in [0, 0.05) is 18.8 Å². The van der Waals surface area contributed by atoms with Crippen molar-refractivity contribution >= 4 is 12.6 Å². The number of hydrogen-bond acceptors (Lipinski definition) is 3. The number of rotatable bonds is 1. The van der Waals surface area contributed by atoms with Gasteiger partial charge in [-0.3, -0.25) is 0 Å². The van der Waals surface area contributed by atoms with Gasteiger partial charge >= 0.3 is 0 Å². The Bertz CT molecular complexity index is 167. The van der Waals surface area contributed by atoms with Crippen LogP contribution in [0.5, 0.6) is 0 Å². The van der Waals surface area contributed by atoms with Crippen molar-refractivity contribution in [3.63, 3.8) is 0 Å². The molecule has 0 aromatic heterocycles. The van der Waals surface area contributed by atoms with Crippen LogP contribution in [0.15, 0.2) is 11.8 Å². The summed E-state index contributed by atoms with van der Waals surface area (Å²) in [6, 6.07) is 0.574. The van der Waals surface area contributed by atoms with E-state index in [-0.39, 0.29) is 0 Å². The smallest absolute Gasteiger partial charge is 0.0673 e. The second-order valence-corrected chi connectivity index (χ2v) is 3.30. The molecule has 10 heavy (non-hydrogen) atoms. The van der Waals surface area contributed by atoms with Crippen LogP contribution in [0.1, 0.15) is 0 Å². The monoisotopic (exact) mass is 156 g/mol. The van der Waals surface area contributed by atoms with Crippen LogP contribution in [-0.4, -0.2) is 24.9 Å². The Balaban J connectivity index is 1.88. The van der Waals surface area contributed by atoms with E-state index in [2.05, 4.69) is 29.3 Å². The molecule has 0 unspecified atom stereocenters. The maximum atomic E-state index is 4.26. The lowest BCUT2D eigenvalue weighted by atomic mass is 10.2. The van der Waals surface area contributed by atoms with E-state index in [9.17, 15) is 0 Å².